The average Bonchev–Trinajstić information content (AvgIpc) is 2.61. The van der Waals surface area contributed by atoms with E-state index in [9.17, 15) is 9.59 Å². The molecule has 6 heteroatoms. The van der Waals surface area contributed by atoms with Crippen LogP contribution in [0, 0.1) is 6.92 Å². The molecular formula is C19H22ClN3O2. The van der Waals surface area contributed by atoms with Gasteiger partial charge in [0.15, 0.2) is 0 Å². The molecule has 0 unspecified atom stereocenters. The first kappa shape index (κ1) is 18.8. The van der Waals surface area contributed by atoms with Crippen molar-refractivity contribution < 1.29 is 9.59 Å². The van der Waals surface area contributed by atoms with Gasteiger partial charge in [-0.1, -0.05) is 42.8 Å². The lowest BCUT2D eigenvalue weighted by atomic mass is 10.1. The van der Waals surface area contributed by atoms with Crippen LogP contribution in [0.2, 0.25) is 5.02 Å². The molecule has 3 N–H and O–H groups in total. The number of hydrogen-bond acceptors (Lipinski definition) is 3. The standard InChI is InChI=1S/C19H22ClN3O2/c1-3-18(24)23-17-10-15(9-8-13(17)2)21-12-19(25)22-11-14-6-4-5-7-16(14)20/h4-10,21H,3,11-12H2,1-2H3,(H,22,25)(H,23,24). The van der Waals surface area contributed by atoms with Crippen LogP contribution in [0.25, 0.3) is 0 Å². The van der Waals surface area contributed by atoms with Gasteiger partial charge in [-0.15, -0.1) is 0 Å². The Morgan fingerprint density at radius 2 is 1.84 bits per heavy atom. The number of aryl methyl sites for hydroxylation is 1. The summed E-state index contributed by atoms with van der Waals surface area (Å²) in [4.78, 5) is 23.5. The summed E-state index contributed by atoms with van der Waals surface area (Å²) in [6.45, 7) is 4.24. The van der Waals surface area contributed by atoms with Crippen LogP contribution >= 0.6 is 11.6 Å². The van der Waals surface area contributed by atoms with Gasteiger partial charge in [-0.3, -0.25) is 9.59 Å². The molecule has 0 bridgehead atoms. The minimum atomic E-state index is -0.139. The molecule has 0 radical (unpaired) electrons. The molecule has 5 nitrogen and oxygen atoms in total. The van der Waals surface area contributed by atoms with Crippen molar-refractivity contribution >= 4 is 34.8 Å². The maximum absolute atomic E-state index is 12.0. The summed E-state index contributed by atoms with van der Waals surface area (Å²) < 4.78 is 0. The third-order valence-electron chi connectivity index (χ3n) is 3.72. The molecule has 0 aromatic heterocycles. The maximum Gasteiger partial charge on any atom is 0.239 e. The highest BCUT2D eigenvalue weighted by atomic mass is 35.5. The average molecular weight is 360 g/mol. The summed E-state index contributed by atoms with van der Waals surface area (Å²) in [6.07, 6.45) is 0.418. The number of hydrogen-bond donors (Lipinski definition) is 3. The van der Waals surface area contributed by atoms with Gasteiger partial charge in [-0.25, -0.2) is 0 Å². The second-order valence-electron chi connectivity index (χ2n) is 5.65. The third kappa shape index (κ3) is 5.80. The Kier molecular flexibility index (Phi) is 6.83. The first-order valence-electron chi connectivity index (χ1n) is 8.14. The molecule has 0 aliphatic heterocycles. The SMILES string of the molecule is CCC(=O)Nc1cc(NCC(=O)NCc2ccccc2Cl)ccc1C. The lowest BCUT2D eigenvalue weighted by molar-refractivity contribution is -0.119. The highest BCUT2D eigenvalue weighted by molar-refractivity contribution is 6.31. The van der Waals surface area contributed by atoms with Crippen molar-refractivity contribution in [3.63, 3.8) is 0 Å². The van der Waals surface area contributed by atoms with Gasteiger partial charge in [0, 0.05) is 29.4 Å². The zero-order valence-electron chi connectivity index (χ0n) is 14.4. The van der Waals surface area contributed by atoms with Gasteiger partial charge in [-0.05, 0) is 36.2 Å². The molecule has 2 rings (SSSR count). The zero-order chi connectivity index (χ0) is 18.2. The lowest BCUT2D eigenvalue weighted by Crippen LogP contribution is -2.29. The van der Waals surface area contributed by atoms with Crippen molar-refractivity contribution in [2.75, 3.05) is 17.2 Å². The topological polar surface area (TPSA) is 70.2 Å². The minimum absolute atomic E-state index is 0.0438. The van der Waals surface area contributed by atoms with Crippen LogP contribution in [0.5, 0.6) is 0 Å². The summed E-state index contributed by atoms with van der Waals surface area (Å²) in [5, 5.41) is 9.36. The van der Waals surface area contributed by atoms with Crippen LogP contribution in [0.1, 0.15) is 24.5 Å². The number of benzene rings is 2. The fraction of sp³-hybridized carbons (Fsp3) is 0.263. The second-order valence-corrected chi connectivity index (χ2v) is 6.06. The summed E-state index contributed by atoms with van der Waals surface area (Å²) >= 11 is 6.06. The minimum Gasteiger partial charge on any atom is -0.376 e. The van der Waals surface area contributed by atoms with Gasteiger partial charge < -0.3 is 16.0 Å². The Balaban J connectivity index is 1.88. The zero-order valence-corrected chi connectivity index (χ0v) is 15.1. The first-order chi connectivity index (χ1) is 12.0. The largest absolute Gasteiger partial charge is 0.376 e. The number of amides is 2. The van der Waals surface area contributed by atoms with Crippen molar-refractivity contribution in [1.82, 2.24) is 5.32 Å². The van der Waals surface area contributed by atoms with Crippen LogP contribution < -0.4 is 16.0 Å². The number of carbonyl (C=O) groups excluding carboxylic acids is 2. The van der Waals surface area contributed by atoms with Crippen LogP contribution in [-0.2, 0) is 16.1 Å². The number of halogens is 1. The summed E-state index contributed by atoms with van der Waals surface area (Å²) in [5.74, 6) is -0.183. The molecule has 2 aromatic rings. The Bertz CT molecular complexity index is 762. The van der Waals surface area contributed by atoms with Crippen molar-refractivity contribution in [3.8, 4) is 0 Å². The molecule has 0 aliphatic rings. The van der Waals surface area contributed by atoms with Gasteiger partial charge in [0.1, 0.15) is 0 Å². The Labute approximate surface area is 152 Å². The van der Waals surface area contributed by atoms with Gasteiger partial charge in [0.2, 0.25) is 11.8 Å². The van der Waals surface area contributed by atoms with Crippen LogP contribution in [-0.4, -0.2) is 18.4 Å². The first-order valence-corrected chi connectivity index (χ1v) is 8.52. The highest BCUT2D eigenvalue weighted by Crippen LogP contribution is 2.20. The molecule has 0 saturated carbocycles. The molecule has 25 heavy (non-hydrogen) atoms. The van der Waals surface area contributed by atoms with Crippen molar-refractivity contribution in [2.24, 2.45) is 0 Å². The smallest absolute Gasteiger partial charge is 0.239 e. The van der Waals surface area contributed by atoms with Gasteiger partial charge >= 0.3 is 0 Å². The Morgan fingerprint density at radius 1 is 1.08 bits per heavy atom. The molecule has 0 fully saturated rings. The molecule has 0 spiro atoms. The second kappa shape index (κ2) is 9.08. The molecule has 0 heterocycles. The van der Waals surface area contributed by atoms with E-state index in [2.05, 4.69) is 16.0 Å². The fourth-order valence-corrected chi connectivity index (χ4v) is 2.39. The van der Waals surface area contributed by atoms with E-state index < -0.39 is 0 Å². The van der Waals surface area contributed by atoms with Crippen LogP contribution in [0.4, 0.5) is 11.4 Å². The van der Waals surface area contributed by atoms with E-state index in [0.717, 1.165) is 22.5 Å². The molecule has 2 amide bonds. The summed E-state index contributed by atoms with van der Waals surface area (Å²) in [6, 6.07) is 13.0. The van der Waals surface area contributed by atoms with Gasteiger partial charge in [0.05, 0.1) is 6.54 Å². The molecule has 132 valence electrons. The summed E-state index contributed by atoms with van der Waals surface area (Å²) in [7, 11) is 0. The molecule has 0 atom stereocenters. The lowest BCUT2D eigenvalue weighted by Gasteiger charge is -2.12. The van der Waals surface area contributed by atoms with E-state index in [-0.39, 0.29) is 18.4 Å². The Hall–Kier alpha value is -2.53. The van der Waals surface area contributed by atoms with E-state index >= 15 is 0 Å². The number of rotatable bonds is 7. The number of anilines is 2. The predicted octanol–water partition coefficient (Wildman–Crippen LogP) is 3.73. The summed E-state index contributed by atoms with van der Waals surface area (Å²) in [5.41, 5.74) is 3.35. The predicted molar refractivity (Wildman–Crippen MR) is 102 cm³/mol. The van der Waals surface area contributed by atoms with E-state index in [1.165, 1.54) is 0 Å². The Morgan fingerprint density at radius 3 is 2.56 bits per heavy atom. The van der Waals surface area contributed by atoms with E-state index in [1.54, 1.807) is 13.0 Å². The maximum atomic E-state index is 12.0. The quantitative estimate of drug-likeness (QED) is 0.705. The van der Waals surface area contributed by atoms with Crippen molar-refractivity contribution in [3.05, 3.63) is 58.6 Å². The van der Waals surface area contributed by atoms with Crippen LogP contribution in [0.3, 0.4) is 0 Å². The van der Waals surface area contributed by atoms with E-state index in [4.69, 9.17) is 11.6 Å². The molecule has 0 saturated heterocycles. The number of carbonyl (C=O) groups is 2. The monoisotopic (exact) mass is 359 g/mol. The molecule has 2 aromatic carbocycles. The normalized spacial score (nSPS) is 10.2. The number of nitrogens with one attached hydrogen (secondary N) is 3. The molecule has 0 aliphatic carbocycles. The van der Waals surface area contributed by atoms with Gasteiger partial charge in [0.25, 0.3) is 0 Å². The van der Waals surface area contributed by atoms with E-state index in [0.29, 0.717) is 18.0 Å². The fourth-order valence-electron chi connectivity index (χ4n) is 2.19. The van der Waals surface area contributed by atoms with Gasteiger partial charge in [-0.2, -0.15) is 0 Å². The van der Waals surface area contributed by atoms with E-state index in [1.807, 2.05) is 43.3 Å². The molecular weight excluding hydrogens is 338 g/mol. The van der Waals surface area contributed by atoms with Crippen LogP contribution in [0.15, 0.2) is 42.5 Å². The van der Waals surface area contributed by atoms with Crippen molar-refractivity contribution in [2.45, 2.75) is 26.8 Å². The third-order valence-corrected chi connectivity index (χ3v) is 4.09. The van der Waals surface area contributed by atoms with Crippen molar-refractivity contribution in [1.29, 1.82) is 0 Å². The highest BCUT2D eigenvalue weighted by Gasteiger charge is 2.06.